The lowest BCUT2D eigenvalue weighted by Gasteiger charge is -2.08. The summed E-state index contributed by atoms with van der Waals surface area (Å²) in [5.74, 6) is -0.287. The fourth-order valence-electron chi connectivity index (χ4n) is 1.62. The number of carbonyl (C=O) groups is 1. The second-order valence-corrected chi connectivity index (χ2v) is 4.07. The van der Waals surface area contributed by atoms with Crippen molar-refractivity contribution in [2.75, 3.05) is 12.5 Å². The van der Waals surface area contributed by atoms with Gasteiger partial charge in [0.15, 0.2) is 0 Å². The predicted molar refractivity (Wildman–Crippen MR) is 70.0 cm³/mol. The normalized spacial score (nSPS) is 10.4. The van der Waals surface area contributed by atoms with Crippen LogP contribution in [0.25, 0.3) is 0 Å². The number of aromatic nitrogens is 1. The molecule has 0 spiro atoms. The van der Waals surface area contributed by atoms with E-state index in [0.29, 0.717) is 0 Å². The SMILES string of the molecule is CCc1cc(C(=O)NOCCCl)c(=O)[nH]c1CC. The van der Waals surface area contributed by atoms with Crippen LogP contribution in [0.3, 0.4) is 0 Å². The lowest BCUT2D eigenvalue weighted by molar-refractivity contribution is 0.0370. The van der Waals surface area contributed by atoms with Gasteiger partial charge in [-0.15, -0.1) is 11.6 Å². The van der Waals surface area contributed by atoms with Crippen LogP contribution in [0.2, 0.25) is 0 Å². The zero-order valence-electron chi connectivity index (χ0n) is 10.5. The Morgan fingerprint density at radius 3 is 2.72 bits per heavy atom. The Morgan fingerprint density at radius 2 is 2.17 bits per heavy atom. The van der Waals surface area contributed by atoms with E-state index in [2.05, 4.69) is 10.5 Å². The molecule has 2 N–H and O–H groups in total. The van der Waals surface area contributed by atoms with E-state index in [0.717, 1.165) is 24.1 Å². The van der Waals surface area contributed by atoms with Crippen LogP contribution in [0.4, 0.5) is 0 Å². The summed E-state index contributed by atoms with van der Waals surface area (Å²) in [5, 5.41) is 0. The average Bonchev–Trinajstić information content (AvgIpc) is 2.38. The first-order valence-electron chi connectivity index (χ1n) is 5.87. The van der Waals surface area contributed by atoms with E-state index < -0.39 is 11.5 Å². The third-order valence-electron chi connectivity index (χ3n) is 2.54. The van der Waals surface area contributed by atoms with Gasteiger partial charge in [-0.2, -0.15) is 0 Å². The van der Waals surface area contributed by atoms with Gasteiger partial charge in [0.05, 0.1) is 6.61 Å². The lowest BCUT2D eigenvalue weighted by Crippen LogP contribution is -2.31. The van der Waals surface area contributed by atoms with Crippen LogP contribution in [0, 0.1) is 0 Å². The summed E-state index contributed by atoms with van der Waals surface area (Å²) < 4.78 is 0. The van der Waals surface area contributed by atoms with Crippen molar-refractivity contribution in [1.82, 2.24) is 10.5 Å². The summed E-state index contributed by atoms with van der Waals surface area (Å²) in [6.07, 6.45) is 1.48. The van der Waals surface area contributed by atoms with Gasteiger partial charge in [0.1, 0.15) is 5.56 Å². The van der Waals surface area contributed by atoms with Crippen molar-refractivity contribution in [3.8, 4) is 0 Å². The molecule has 0 unspecified atom stereocenters. The Hall–Kier alpha value is -1.33. The first-order chi connectivity index (χ1) is 8.63. The minimum Gasteiger partial charge on any atom is -0.325 e. The summed E-state index contributed by atoms with van der Waals surface area (Å²) in [6.45, 7) is 4.12. The smallest absolute Gasteiger partial charge is 0.280 e. The van der Waals surface area contributed by atoms with Crippen molar-refractivity contribution >= 4 is 17.5 Å². The van der Waals surface area contributed by atoms with Crippen LogP contribution in [0.5, 0.6) is 0 Å². The summed E-state index contributed by atoms with van der Waals surface area (Å²) in [5.41, 5.74) is 3.65. The first kappa shape index (κ1) is 14.7. The number of aryl methyl sites for hydroxylation is 2. The van der Waals surface area contributed by atoms with E-state index in [4.69, 9.17) is 16.4 Å². The van der Waals surface area contributed by atoms with Crippen molar-refractivity contribution in [3.05, 3.63) is 33.2 Å². The largest absolute Gasteiger partial charge is 0.325 e. The number of hydroxylamine groups is 1. The molecule has 1 heterocycles. The molecule has 1 aromatic rings. The summed E-state index contributed by atoms with van der Waals surface area (Å²) in [7, 11) is 0. The van der Waals surface area contributed by atoms with Gasteiger partial charge in [-0.25, -0.2) is 5.48 Å². The number of hydrogen-bond donors (Lipinski definition) is 2. The number of rotatable bonds is 6. The van der Waals surface area contributed by atoms with E-state index in [-0.39, 0.29) is 18.1 Å². The molecule has 5 nitrogen and oxygen atoms in total. The Morgan fingerprint density at radius 1 is 1.44 bits per heavy atom. The minimum atomic E-state index is -0.557. The molecule has 0 aliphatic heterocycles. The van der Waals surface area contributed by atoms with Gasteiger partial charge in [-0.3, -0.25) is 14.4 Å². The van der Waals surface area contributed by atoms with Crippen molar-refractivity contribution < 1.29 is 9.63 Å². The summed E-state index contributed by atoms with van der Waals surface area (Å²) in [6, 6.07) is 1.61. The molecule has 0 aliphatic rings. The van der Waals surface area contributed by atoms with E-state index >= 15 is 0 Å². The molecule has 1 aromatic heterocycles. The highest BCUT2D eigenvalue weighted by Crippen LogP contribution is 2.07. The minimum absolute atomic E-state index is 0.0543. The molecule has 18 heavy (non-hydrogen) atoms. The lowest BCUT2D eigenvalue weighted by atomic mass is 10.1. The fraction of sp³-hybridized carbons (Fsp3) is 0.500. The van der Waals surface area contributed by atoms with E-state index in [1.807, 2.05) is 13.8 Å². The third-order valence-corrected chi connectivity index (χ3v) is 2.69. The highest BCUT2D eigenvalue weighted by molar-refractivity contribution is 6.17. The third kappa shape index (κ3) is 3.58. The van der Waals surface area contributed by atoms with Gasteiger partial charge in [0, 0.05) is 11.6 Å². The van der Waals surface area contributed by atoms with Crippen molar-refractivity contribution in [2.45, 2.75) is 26.7 Å². The highest BCUT2D eigenvalue weighted by Gasteiger charge is 2.13. The standard InChI is InChI=1S/C12H17ClN2O3/c1-3-8-7-9(11(16)14-10(8)4-2)12(17)15-18-6-5-13/h7H,3-6H2,1-2H3,(H,14,16)(H,15,17). The fourth-order valence-corrected chi connectivity index (χ4v) is 1.70. The maximum atomic E-state index is 11.7. The van der Waals surface area contributed by atoms with Crippen LogP contribution < -0.4 is 11.0 Å². The summed E-state index contributed by atoms with van der Waals surface area (Å²) >= 11 is 5.41. The van der Waals surface area contributed by atoms with Gasteiger partial charge >= 0.3 is 0 Å². The van der Waals surface area contributed by atoms with Crippen molar-refractivity contribution in [1.29, 1.82) is 0 Å². The Balaban J connectivity index is 2.95. The molecule has 0 atom stereocenters. The number of hydrogen-bond acceptors (Lipinski definition) is 3. The Labute approximate surface area is 110 Å². The second-order valence-electron chi connectivity index (χ2n) is 3.69. The molecule has 0 aromatic carbocycles. The number of nitrogens with one attached hydrogen (secondary N) is 2. The van der Waals surface area contributed by atoms with Crippen molar-refractivity contribution in [3.63, 3.8) is 0 Å². The molecule has 6 heteroatoms. The molecule has 0 radical (unpaired) electrons. The van der Waals surface area contributed by atoms with Gasteiger partial charge in [0.25, 0.3) is 11.5 Å². The zero-order valence-corrected chi connectivity index (χ0v) is 11.3. The van der Waals surface area contributed by atoms with E-state index in [9.17, 15) is 9.59 Å². The molecule has 0 aliphatic carbocycles. The molecule has 0 saturated heterocycles. The molecule has 0 bridgehead atoms. The predicted octanol–water partition coefficient (Wildman–Crippen LogP) is 1.40. The van der Waals surface area contributed by atoms with Crippen LogP contribution >= 0.6 is 11.6 Å². The first-order valence-corrected chi connectivity index (χ1v) is 6.40. The number of amides is 1. The number of carbonyl (C=O) groups excluding carboxylic acids is 1. The quantitative estimate of drug-likeness (QED) is 0.467. The topological polar surface area (TPSA) is 71.2 Å². The van der Waals surface area contributed by atoms with Crippen LogP contribution in [0.1, 0.15) is 35.5 Å². The zero-order chi connectivity index (χ0) is 13.5. The molecule has 1 rings (SSSR count). The summed E-state index contributed by atoms with van der Waals surface area (Å²) in [4.78, 5) is 31.0. The molecule has 0 saturated carbocycles. The molecular weight excluding hydrogens is 256 g/mol. The van der Waals surface area contributed by atoms with Gasteiger partial charge in [0.2, 0.25) is 0 Å². The average molecular weight is 273 g/mol. The molecule has 100 valence electrons. The van der Waals surface area contributed by atoms with E-state index in [1.165, 1.54) is 0 Å². The van der Waals surface area contributed by atoms with Crippen molar-refractivity contribution in [2.24, 2.45) is 0 Å². The van der Waals surface area contributed by atoms with Gasteiger partial charge in [-0.1, -0.05) is 13.8 Å². The number of H-pyrrole nitrogens is 1. The Bertz CT molecular complexity index is 471. The van der Waals surface area contributed by atoms with Crippen LogP contribution in [0.15, 0.2) is 10.9 Å². The van der Waals surface area contributed by atoms with Crippen LogP contribution in [-0.2, 0) is 17.7 Å². The van der Waals surface area contributed by atoms with E-state index in [1.54, 1.807) is 6.07 Å². The maximum Gasteiger partial charge on any atom is 0.280 e. The molecular formula is C12H17ClN2O3. The molecule has 0 fully saturated rings. The number of pyridine rings is 1. The second kappa shape index (κ2) is 7.18. The molecule has 1 amide bonds. The maximum absolute atomic E-state index is 11.7. The number of aromatic amines is 1. The highest BCUT2D eigenvalue weighted by atomic mass is 35.5. The Kier molecular flexibility index (Phi) is 5.88. The number of alkyl halides is 1. The monoisotopic (exact) mass is 272 g/mol. The number of halogens is 1. The van der Waals surface area contributed by atoms with Gasteiger partial charge < -0.3 is 4.98 Å². The van der Waals surface area contributed by atoms with Gasteiger partial charge in [-0.05, 0) is 24.5 Å². The van der Waals surface area contributed by atoms with Crippen LogP contribution in [-0.4, -0.2) is 23.4 Å².